The molecule has 164 valence electrons. The summed E-state index contributed by atoms with van der Waals surface area (Å²) in [7, 11) is 0. The highest BCUT2D eigenvalue weighted by Gasteiger charge is 2.51. The van der Waals surface area contributed by atoms with E-state index in [-0.39, 0.29) is 11.1 Å². The van der Waals surface area contributed by atoms with Gasteiger partial charge in [-0.2, -0.15) is 0 Å². The number of esters is 1. The van der Waals surface area contributed by atoms with Crippen LogP contribution in [-0.2, 0) is 25.5 Å². The van der Waals surface area contributed by atoms with Crippen LogP contribution in [-0.4, -0.2) is 65.4 Å². The molecule has 2 aromatic carbocycles. The van der Waals surface area contributed by atoms with E-state index < -0.39 is 59.0 Å². The molecule has 0 spiro atoms. The molecule has 0 aliphatic rings. The third kappa shape index (κ3) is 5.42. The Labute approximate surface area is 174 Å². The number of phenolic OH excluding ortho intramolecular Hbond substituents is 4. The van der Waals surface area contributed by atoms with E-state index in [1.807, 2.05) is 0 Å². The largest absolute Gasteiger partial charge is 0.504 e. The van der Waals surface area contributed by atoms with Crippen LogP contribution in [0.1, 0.15) is 11.1 Å². The molecule has 0 unspecified atom stereocenters. The molecule has 0 aliphatic heterocycles. The molecule has 7 N–H and O–H groups in total. The van der Waals surface area contributed by atoms with Crippen LogP contribution in [0.25, 0.3) is 6.08 Å². The Morgan fingerprint density at radius 1 is 0.903 bits per heavy atom. The van der Waals surface area contributed by atoms with Crippen molar-refractivity contribution in [2.75, 3.05) is 0 Å². The van der Waals surface area contributed by atoms with Crippen molar-refractivity contribution >= 4 is 24.0 Å². The molecule has 0 bridgehead atoms. The number of phenols is 4. The van der Waals surface area contributed by atoms with Crippen molar-refractivity contribution in [1.82, 2.24) is 0 Å². The highest BCUT2D eigenvalue weighted by Crippen LogP contribution is 2.29. The van der Waals surface area contributed by atoms with E-state index in [9.17, 15) is 50.1 Å². The number of benzene rings is 2. The highest BCUT2D eigenvalue weighted by atomic mass is 16.6. The van der Waals surface area contributed by atoms with E-state index in [1.54, 1.807) is 0 Å². The van der Waals surface area contributed by atoms with Gasteiger partial charge in [-0.05, 0) is 41.5 Å². The number of hydrogen-bond donors (Lipinski definition) is 7. The van der Waals surface area contributed by atoms with Crippen LogP contribution in [0.2, 0.25) is 0 Å². The third-order valence-corrected chi connectivity index (χ3v) is 4.19. The van der Waals surface area contributed by atoms with Crippen LogP contribution < -0.4 is 0 Å². The summed E-state index contributed by atoms with van der Waals surface area (Å²) in [5.74, 6) is -7.30. The topological polar surface area (TPSA) is 202 Å². The lowest BCUT2D eigenvalue weighted by Gasteiger charge is -2.29. The molecule has 2 aromatic rings. The average molecular weight is 434 g/mol. The molecule has 0 amide bonds. The maximum atomic E-state index is 12.0. The van der Waals surface area contributed by atoms with Crippen LogP contribution in [0, 0.1) is 0 Å². The van der Waals surface area contributed by atoms with Gasteiger partial charge in [-0.1, -0.05) is 12.1 Å². The fourth-order valence-electron chi connectivity index (χ4n) is 2.59. The van der Waals surface area contributed by atoms with Gasteiger partial charge in [0.05, 0.1) is 0 Å². The molecule has 0 aromatic heterocycles. The Morgan fingerprint density at radius 2 is 1.48 bits per heavy atom. The van der Waals surface area contributed by atoms with Crippen molar-refractivity contribution in [1.29, 1.82) is 0 Å². The molecule has 2 rings (SSSR count). The minimum atomic E-state index is -3.12. The Hall–Kier alpha value is -4.25. The molecular formula is C20H18O11. The minimum Gasteiger partial charge on any atom is -0.504 e. The molecule has 0 saturated carbocycles. The number of carbonyl (C=O) groups is 3. The molecule has 2 atom stereocenters. The first-order valence-corrected chi connectivity index (χ1v) is 8.54. The van der Waals surface area contributed by atoms with Gasteiger partial charge in [0.15, 0.2) is 23.0 Å². The van der Waals surface area contributed by atoms with Crippen molar-refractivity contribution in [3.63, 3.8) is 0 Å². The predicted molar refractivity (Wildman–Crippen MR) is 102 cm³/mol. The van der Waals surface area contributed by atoms with Gasteiger partial charge in [0.25, 0.3) is 0 Å². The number of aromatic hydroxyl groups is 4. The summed E-state index contributed by atoms with van der Waals surface area (Å²) in [5.41, 5.74) is -2.94. The standard InChI is InChI=1S/C20H18O11/c21-12-4-1-10(7-14(12)23)3-6-16(25)31-17(18(26)27)20(30,19(28)29)9-11-2-5-13(22)15(24)8-11/h1-8,17,21-24,30H,9H2,(H,26,27)(H,28,29)/b6-3+/t17-,20-/m0/s1. The average Bonchev–Trinajstić information content (AvgIpc) is 2.69. The Balaban J connectivity index is 2.27. The number of carbonyl (C=O) groups excluding carboxylic acids is 1. The fourth-order valence-corrected chi connectivity index (χ4v) is 2.59. The lowest BCUT2D eigenvalue weighted by Crippen LogP contribution is -2.56. The van der Waals surface area contributed by atoms with Gasteiger partial charge in [0.1, 0.15) is 0 Å². The van der Waals surface area contributed by atoms with E-state index in [1.165, 1.54) is 6.07 Å². The number of ether oxygens (including phenoxy) is 1. The van der Waals surface area contributed by atoms with Crippen molar-refractivity contribution < 1.29 is 54.9 Å². The zero-order chi connectivity index (χ0) is 23.3. The first kappa shape index (κ1) is 23.0. The summed E-state index contributed by atoms with van der Waals surface area (Å²) in [6.07, 6.45) is -1.59. The fraction of sp³-hybridized carbons (Fsp3) is 0.150. The second-order valence-corrected chi connectivity index (χ2v) is 6.47. The molecular weight excluding hydrogens is 416 g/mol. The first-order valence-electron chi connectivity index (χ1n) is 8.54. The summed E-state index contributed by atoms with van der Waals surface area (Å²) in [4.78, 5) is 35.3. The smallest absolute Gasteiger partial charge is 0.348 e. The molecule has 11 nitrogen and oxygen atoms in total. The molecule has 31 heavy (non-hydrogen) atoms. The van der Waals surface area contributed by atoms with Gasteiger partial charge in [-0.15, -0.1) is 0 Å². The van der Waals surface area contributed by atoms with E-state index in [2.05, 4.69) is 4.74 Å². The molecule has 0 radical (unpaired) electrons. The lowest BCUT2D eigenvalue weighted by molar-refractivity contribution is -0.192. The van der Waals surface area contributed by atoms with Crippen LogP contribution in [0.3, 0.4) is 0 Å². The van der Waals surface area contributed by atoms with E-state index in [0.717, 1.165) is 42.5 Å². The van der Waals surface area contributed by atoms with Gasteiger partial charge < -0.3 is 40.5 Å². The molecule has 0 saturated heterocycles. The molecule has 0 heterocycles. The van der Waals surface area contributed by atoms with Gasteiger partial charge in [0.2, 0.25) is 11.7 Å². The number of carboxylic acid groups (broad SMARTS) is 2. The van der Waals surface area contributed by atoms with Crippen LogP contribution in [0.4, 0.5) is 0 Å². The Kier molecular flexibility index (Phi) is 6.72. The minimum absolute atomic E-state index is 0.0578. The molecule has 0 aliphatic carbocycles. The predicted octanol–water partition coefficient (Wildman–Crippen LogP) is 0.577. The summed E-state index contributed by atoms with van der Waals surface area (Å²) < 4.78 is 4.66. The zero-order valence-electron chi connectivity index (χ0n) is 15.7. The monoisotopic (exact) mass is 434 g/mol. The Bertz CT molecular complexity index is 1040. The van der Waals surface area contributed by atoms with Crippen molar-refractivity contribution in [2.24, 2.45) is 0 Å². The zero-order valence-corrected chi connectivity index (χ0v) is 15.7. The summed E-state index contributed by atoms with van der Waals surface area (Å²) in [6.45, 7) is 0. The van der Waals surface area contributed by atoms with Gasteiger partial charge in [-0.25, -0.2) is 14.4 Å². The van der Waals surface area contributed by atoms with Crippen LogP contribution in [0.15, 0.2) is 42.5 Å². The van der Waals surface area contributed by atoms with Crippen LogP contribution in [0.5, 0.6) is 23.0 Å². The number of carboxylic acids is 2. The maximum absolute atomic E-state index is 12.0. The SMILES string of the molecule is O=C(/C=C/c1ccc(O)c(O)c1)O[C@@H](C(=O)O)[C@@](O)(Cc1ccc(O)c(O)c1)C(=O)O. The van der Waals surface area contributed by atoms with Crippen molar-refractivity contribution in [3.8, 4) is 23.0 Å². The maximum Gasteiger partial charge on any atom is 0.348 e. The van der Waals surface area contributed by atoms with Gasteiger partial charge in [-0.3, -0.25) is 0 Å². The summed E-state index contributed by atoms with van der Waals surface area (Å²) >= 11 is 0. The third-order valence-electron chi connectivity index (χ3n) is 4.19. The lowest BCUT2D eigenvalue weighted by atomic mass is 9.88. The van der Waals surface area contributed by atoms with Crippen molar-refractivity contribution in [3.05, 3.63) is 53.6 Å². The number of hydrogen-bond acceptors (Lipinski definition) is 9. The second-order valence-electron chi connectivity index (χ2n) is 6.47. The Morgan fingerprint density at radius 3 is 2.00 bits per heavy atom. The molecule has 11 heteroatoms. The highest BCUT2D eigenvalue weighted by molar-refractivity contribution is 5.93. The van der Waals surface area contributed by atoms with Gasteiger partial charge in [0, 0.05) is 12.5 Å². The van der Waals surface area contributed by atoms with Crippen LogP contribution >= 0.6 is 0 Å². The molecule has 0 fully saturated rings. The van der Waals surface area contributed by atoms with E-state index in [0.29, 0.717) is 0 Å². The normalized spacial score (nSPS) is 14.0. The summed E-state index contributed by atoms with van der Waals surface area (Å²) in [5, 5.41) is 66.9. The first-order chi connectivity index (χ1) is 14.4. The van der Waals surface area contributed by atoms with Crippen molar-refractivity contribution in [2.45, 2.75) is 18.1 Å². The van der Waals surface area contributed by atoms with E-state index >= 15 is 0 Å². The number of rotatable bonds is 8. The van der Waals surface area contributed by atoms with Gasteiger partial charge >= 0.3 is 17.9 Å². The summed E-state index contributed by atoms with van der Waals surface area (Å²) in [6, 6.07) is 6.61. The quantitative estimate of drug-likeness (QED) is 0.174. The number of aliphatic carboxylic acids is 2. The van der Waals surface area contributed by atoms with E-state index in [4.69, 9.17) is 0 Å². The number of aliphatic hydroxyl groups is 1. The second kappa shape index (κ2) is 9.05.